The normalized spacial score (nSPS) is 17.1. The van der Waals surface area contributed by atoms with Gasteiger partial charge in [-0.2, -0.15) is 4.31 Å². The molecular formula is C16H19ClN2O3S2. The monoisotopic (exact) mass is 386 g/mol. The van der Waals surface area contributed by atoms with Gasteiger partial charge < -0.3 is 4.74 Å². The first kappa shape index (κ1) is 17.7. The molecule has 3 rings (SSSR count). The molecule has 2 aromatic rings. The average Bonchev–Trinajstić information content (AvgIpc) is 3.11. The Morgan fingerprint density at radius 2 is 1.96 bits per heavy atom. The largest absolute Gasteiger partial charge is 0.496 e. The number of nitrogens with zero attached hydrogens (tertiary/aromatic N) is 2. The summed E-state index contributed by atoms with van der Waals surface area (Å²) >= 11 is 7.33. The van der Waals surface area contributed by atoms with E-state index in [0.717, 1.165) is 11.3 Å². The second kappa shape index (κ2) is 7.41. The Balaban J connectivity index is 1.65. The Kier molecular flexibility index (Phi) is 5.46. The number of hydrogen-bond acceptors (Lipinski definition) is 5. The van der Waals surface area contributed by atoms with Crippen LogP contribution in [0.25, 0.3) is 0 Å². The smallest absolute Gasteiger partial charge is 0.252 e. The summed E-state index contributed by atoms with van der Waals surface area (Å²) in [5.74, 6) is 0.799. The van der Waals surface area contributed by atoms with Crippen molar-refractivity contribution in [2.75, 3.05) is 33.3 Å². The molecule has 0 saturated carbocycles. The quantitative estimate of drug-likeness (QED) is 0.792. The minimum atomic E-state index is -3.36. The molecule has 5 nitrogen and oxygen atoms in total. The second-order valence-corrected chi connectivity index (χ2v) is 9.12. The van der Waals surface area contributed by atoms with Gasteiger partial charge in [0.15, 0.2) is 0 Å². The van der Waals surface area contributed by atoms with Gasteiger partial charge in [0.2, 0.25) is 0 Å². The van der Waals surface area contributed by atoms with Crippen molar-refractivity contribution < 1.29 is 13.2 Å². The van der Waals surface area contributed by atoms with Crippen molar-refractivity contribution >= 4 is 33.0 Å². The van der Waals surface area contributed by atoms with Crippen LogP contribution < -0.4 is 4.74 Å². The summed E-state index contributed by atoms with van der Waals surface area (Å²) in [6.45, 7) is 3.03. The predicted molar refractivity (Wildman–Crippen MR) is 96.4 cm³/mol. The summed E-state index contributed by atoms with van der Waals surface area (Å²) in [5.41, 5.74) is 1.01. The Labute approximate surface area is 151 Å². The number of piperazine rings is 1. The van der Waals surface area contributed by atoms with Gasteiger partial charge in [0.05, 0.1) is 7.11 Å². The SMILES string of the molecule is COc1ccc(Cl)cc1CN1CCN(S(=O)(=O)c2cccs2)CC1. The van der Waals surface area contributed by atoms with E-state index in [9.17, 15) is 8.42 Å². The Bertz CT molecular complexity index is 786. The summed E-state index contributed by atoms with van der Waals surface area (Å²) in [6.07, 6.45) is 0. The lowest BCUT2D eigenvalue weighted by Gasteiger charge is -2.33. The van der Waals surface area contributed by atoms with Crippen LogP contribution in [0.15, 0.2) is 39.9 Å². The van der Waals surface area contributed by atoms with E-state index in [-0.39, 0.29) is 0 Å². The molecule has 0 unspecified atom stereocenters. The third kappa shape index (κ3) is 3.75. The van der Waals surface area contributed by atoms with E-state index in [1.165, 1.54) is 11.3 Å². The van der Waals surface area contributed by atoms with Gasteiger partial charge in [-0.15, -0.1) is 11.3 Å². The number of halogens is 1. The molecule has 0 spiro atoms. The molecule has 0 atom stereocenters. The number of sulfonamides is 1. The molecule has 0 amide bonds. The number of benzene rings is 1. The van der Waals surface area contributed by atoms with E-state index >= 15 is 0 Å². The number of rotatable bonds is 5. The molecule has 1 saturated heterocycles. The lowest BCUT2D eigenvalue weighted by molar-refractivity contribution is 0.180. The molecule has 2 heterocycles. The van der Waals surface area contributed by atoms with Crippen LogP contribution in [-0.2, 0) is 16.6 Å². The van der Waals surface area contributed by atoms with Gasteiger partial charge in [0.1, 0.15) is 9.96 Å². The van der Waals surface area contributed by atoms with Crippen LogP contribution in [0, 0.1) is 0 Å². The Hall–Kier alpha value is -1.12. The maximum Gasteiger partial charge on any atom is 0.252 e. The topological polar surface area (TPSA) is 49.9 Å². The average molecular weight is 387 g/mol. The van der Waals surface area contributed by atoms with Crippen LogP contribution >= 0.6 is 22.9 Å². The maximum atomic E-state index is 12.5. The molecule has 1 aromatic heterocycles. The predicted octanol–water partition coefficient (Wildman–Crippen LogP) is 2.92. The Morgan fingerprint density at radius 1 is 1.21 bits per heavy atom. The second-order valence-electron chi connectivity index (χ2n) is 5.57. The van der Waals surface area contributed by atoms with Crippen LogP contribution in [0.2, 0.25) is 5.02 Å². The van der Waals surface area contributed by atoms with Gasteiger partial charge >= 0.3 is 0 Å². The molecular weight excluding hydrogens is 368 g/mol. The lowest BCUT2D eigenvalue weighted by atomic mass is 10.1. The van der Waals surface area contributed by atoms with Crippen LogP contribution in [0.1, 0.15) is 5.56 Å². The molecule has 24 heavy (non-hydrogen) atoms. The number of ether oxygens (including phenoxy) is 1. The van der Waals surface area contributed by atoms with Crippen LogP contribution in [0.4, 0.5) is 0 Å². The molecule has 0 bridgehead atoms. The summed E-state index contributed by atoms with van der Waals surface area (Å²) in [7, 11) is -1.72. The maximum absolute atomic E-state index is 12.5. The summed E-state index contributed by atoms with van der Waals surface area (Å²) in [6, 6.07) is 8.97. The highest BCUT2D eigenvalue weighted by Crippen LogP contribution is 2.26. The van der Waals surface area contributed by atoms with Gasteiger partial charge in [-0.1, -0.05) is 17.7 Å². The zero-order chi connectivity index (χ0) is 17.2. The van der Waals surface area contributed by atoms with Crippen LogP contribution in [-0.4, -0.2) is 50.9 Å². The highest BCUT2D eigenvalue weighted by atomic mass is 35.5. The number of hydrogen-bond donors (Lipinski definition) is 0. The van der Waals surface area contributed by atoms with Crippen molar-refractivity contribution in [2.45, 2.75) is 10.8 Å². The third-order valence-corrected chi connectivity index (χ3v) is 7.56. The van der Waals surface area contributed by atoms with E-state index in [4.69, 9.17) is 16.3 Å². The van der Waals surface area contributed by atoms with Crippen molar-refractivity contribution in [3.63, 3.8) is 0 Å². The molecule has 1 aliphatic rings. The van der Waals surface area contributed by atoms with Gasteiger partial charge in [0, 0.05) is 43.3 Å². The Morgan fingerprint density at radius 3 is 2.58 bits per heavy atom. The molecule has 1 aliphatic heterocycles. The summed E-state index contributed by atoms with van der Waals surface area (Å²) in [4.78, 5) is 2.22. The molecule has 130 valence electrons. The molecule has 1 fully saturated rings. The molecule has 0 radical (unpaired) electrons. The lowest BCUT2D eigenvalue weighted by Crippen LogP contribution is -2.48. The van der Waals surface area contributed by atoms with Crippen molar-refractivity contribution in [1.29, 1.82) is 0 Å². The third-order valence-electron chi connectivity index (χ3n) is 4.06. The van der Waals surface area contributed by atoms with Crippen molar-refractivity contribution in [3.8, 4) is 5.75 Å². The first-order valence-corrected chi connectivity index (χ1v) is 10.3. The van der Waals surface area contributed by atoms with Crippen molar-refractivity contribution in [3.05, 3.63) is 46.3 Å². The molecule has 8 heteroatoms. The van der Waals surface area contributed by atoms with Gasteiger partial charge in [-0.25, -0.2) is 8.42 Å². The standard InChI is InChI=1S/C16H19ClN2O3S2/c1-22-15-5-4-14(17)11-13(15)12-18-6-8-19(9-7-18)24(20,21)16-3-2-10-23-16/h2-5,10-11H,6-9,12H2,1H3. The van der Waals surface area contributed by atoms with Crippen LogP contribution in [0.3, 0.4) is 0 Å². The summed E-state index contributed by atoms with van der Waals surface area (Å²) in [5, 5.41) is 2.46. The number of thiophene rings is 1. The minimum Gasteiger partial charge on any atom is -0.496 e. The summed E-state index contributed by atoms with van der Waals surface area (Å²) < 4.78 is 32.4. The van der Waals surface area contributed by atoms with E-state index in [1.54, 1.807) is 35.0 Å². The van der Waals surface area contributed by atoms with Crippen molar-refractivity contribution in [1.82, 2.24) is 9.21 Å². The van der Waals surface area contributed by atoms with E-state index < -0.39 is 10.0 Å². The molecule has 0 N–H and O–H groups in total. The van der Waals surface area contributed by atoms with Crippen LogP contribution in [0.5, 0.6) is 5.75 Å². The van der Waals surface area contributed by atoms with Gasteiger partial charge in [-0.3, -0.25) is 4.90 Å². The number of methoxy groups -OCH3 is 1. The van der Waals surface area contributed by atoms with E-state index in [2.05, 4.69) is 4.90 Å². The molecule has 0 aliphatic carbocycles. The fourth-order valence-electron chi connectivity index (χ4n) is 2.78. The van der Waals surface area contributed by atoms with E-state index in [1.807, 2.05) is 12.1 Å². The van der Waals surface area contributed by atoms with Gasteiger partial charge in [0.25, 0.3) is 10.0 Å². The highest BCUT2D eigenvalue weighted by Gasteiger charge is 2.29. The zero-order valence-corrected chi connectivity index (χ0v) is 15.7. The van der Waals surface area contributed by atoms with Crippen molar-refractivity contribution in [2.24, 2.45) is 0 Å². The fourth-order valence-corrected chi connectivity index (χ4v) is 5.54. The fraction of sp³-hybridized carbons (Fsp3) is 0.375. The molecule has 1 aromatic carbocycles. The zero-order valence-electron chi connectivity index (χ0n) is 13.3. The highest BCUT2D eigenvalue weighted by molar-refractivity contribution is 7.91. The van der Waals surface area contributed by atoms with Gasteiger partial charge in [-0.05, 0) is 29.6 Å². The minimum absolute atomic E-state index is 0.410. The first-order valence-electron chi connectivity index (χ1n) is 7.59. The van der Waals surface area contributed by atoms with E-state index in [0.29, 0.717) is 42.0 Å². The first-order chi connectivity index (χ1) is 11.5.